The Morgan fingerprint density at radius 1 is 1.64 bits per heavy atom. The summed E-state index contributed by atoms with van der Waals surface area (Å²) in [5.74, 6) is 0.911. The molecule has 0 aliphatic heterocycles. The highest BCUT2D eigenvalue weighted by molar-refractivity contribution is 7.99. The number of rotatable bonds is 5. The van der Waals surface area contributed by atoms with E-state index in [1.54, 1.807) is 11.8 Å². The lowest BCUT2D eigenvalue weighted by Gasteiger charge is -2.08. The van der Waals surface area contributed by atoms with Gasteiger partial charge in [-0.05, 0) is 13.8 Å². The molecular weight excluding hydrogens is 196 g/mol. The Morgan fingerprint density at radius 3 is 2.93 bits per heavy atom. The van der Waals surface area contributed by atoms with Crippen LogP contribution in [0.4, 0.5) is 0 Å². The molecule has 0 saturated heterocycles. The molecule has 0 saturated carbocycles. The monoisotopic (exact) mass is 212 g/mol. The van der Waals surface area contributed by atoms with Gasteiger partial charge in [-0.2, -0.15) is 0 Å². The minimum absolute atomic E-state index is 0.343. The van der Waals surface area contributed by atoms with Crippen LogP contribution in [0.3, 0.4) is 0 Å². The average molecular weight is 212 g/mol. The Balaban J connectivity index is 2.80. The van der Waals surface area contributed by atoms with Crippen LogP contribution >= 0.6 is 11.8 Å². The zero-order chi connectivity index (χ0) is 10.6. The summed E-state index contributed by atoms with van der Waals surface area (Å²) in [7, 11) is 0. The first-order chi connectivity index (χ1) is 6.69. The predicted molar refractivity (Wildman–Crippen MR) is 59.3 cm³/mol. The van der Waals surface area contributed by atoms with Crippen LogP contribution in [-0.2, 0) is 6.54 Å². The highest BCUT2D eigenvalue weighted by Crippen LogP contribution is 2.22. The minimum atomic E-state index is 0.343. The van der Waals surface area contributed by atoms with Gasteiger partial charge in [0.2, 0.25) is 0 Å². The molecule has 1 heterocycles. The van der Waals surface area contributed by atoms with E-state index in [1.807, 2.05) is 17.6 Å². The molecule has 0 aliphatic carbocycles. The van der Waals surface area contributed by atoms with E-state index in [2.05, 4.69) is 23.7 Å². The molecule has 1 unspecified atom stereocenters. The van der Waals surface area contributed by atoms with E-state index in [4.69, 9.17) is 5.73 Å². The number of hydrogen-bond acceptors (Lipinski definition) is 4. The fourth-order valence-electron chi connectivity index (χ4n) is 1.05. The lowest BCUT2D eigenvalue weighted by atomic mass is 10.5. The molecule has 0 bridgehead atoms. The molecule has 0 aromatic carbocycles. The Morgan fingerprint density at radius 2 is 2.36 bits per heavy atom. The number of aromatic nitrogens is 3. The first-order valence-electron chi connectivity index (χ1n) is 4.58. The van der Waals surface area contributed by atoms with Crippen LogP contribution in [0, 0.1) is 6.92 Å². The van der Waals surface area contributed by atoms with Crippen LogP contribution < -0.4 is 5.73 Å². The maximum Gasteiger partial charge on any atom is 0.191 e. The molecule has 0 fully saturated rings. The average Bonchev–Trinajstić information content (AvgIpc) is 2.50. The van der Waals surface area contributed by atoms with Crippen molar-refractivity contribution in [3.63, 3.8) is 0 Å². The van der Waals surface area contributed by atoms with Gasteiger partial charge in [-0.25, -0.2) is 0 Å². The molecule has 14 heavy (non-hydrogen) atoms. The summed E-state index contributed by atoms with van der Waals surface area (Å²) in [6, 6.07) is 0. The number of thioether (sulfide) groups is 1. The molecule has 0 spiro atoms. The minimum Gasteiger partial charge on any atom is -0.329 e. The third-order valence-electron chi connectivity index (χ3n) is 1.88. The summed E-state index contributed by atoms with van der Waals surface area (Å²) in [5, 5.41) is 9.38. The first-order valence-corrected chi connectivity index (χ1v) is 5.46. The molecule has 0 amide bonds. The molecule has 0 radical (unpaired) electrons. The maximum absolute atomic E-state index is 5.52. The van der Waals surface area contributed by atoms with E-state index < -0.39 is 0 Å². The summed E-state index contributed by atoms with van der Waals surface area (Å²) >= 11 is 1.65. The fraction of sp³-hybridized carbons (Fsp3) is 0.556. The van der Waals surface area contributed by atoms with Crippen LogP contribution in [0.25, 0.3) is 0 Å². The van der Waals surface area contributed by atoms with Crippen LogP contribution in [-0.4, -0.2) is 26.6 Å². The molecule has 4 nitrogen and oxygen atoms in total. The second-order valence-electron chi connectivity index (χ2n) is 3.03. The molecular formula is C9H16N4S. The molecule has 5 heteroatoms. The van der Waals surface area contributed by atoms with Gasteiger partial charge in [0.15, 0.2) is 5.16 Å². The third kappa shape index (κ3) is 2.59. The molecule has 1 aromatic heterocycles. The Bertz CT molecular complexity index is 308. The number of nitrogens with zero attached hydrogens (tertiary/aromatic N) is 3. The summed E-state index contributed by atoms with van der Waals surface area (Å²) in [4.78, 5) is 0. The van der Waals surface area contributed by atoms with E-state index in [1.165, 1.54) is 0 Å². The van der Waals surface area contributed by atoms with Crippen molar-refractivity contribution in [3.05, 3.63) is 18.5 Å². The highest BCUT2D eigenvalue weighted by atomic mass is 32.2. The zero-order valence-corrected chi connectivity index (χ0v) is 9.42. The summed E-state index contributed by atoms with van der Waals surface area (Å²) < 4.78 is 2.03. The standard InChI is InChI=1S/C9H16N4S/c1-4-7(2)14-9-12-11-8(3)13(9)6-5-10/h4,7H,1,5-6,10H2,2-3H3. The van der Waals surface area contributed by atoms with Crippen LogP contribution in [0.5, 0.6) is 0 Å². The van der Waals surface area contributed by atoms with Gasteiger partial charge < -0.3 is 10.3 Å². The van der Waals surface area contributed by atoms with Crippen molar-refractivity contribution in [2.75, 3.05) is 6.54 Å². The van der Waals surface area contributed by atoms with Gasteiger partial charge in [0.05, 0.1) is 0 Å². The van der Waals surface area contributed by atoms with Crippen molar-refractivity contribution in [2.24, 2.45) is 5.73 Å². The van der Waals surface area contributed by atoms with Crippen LogP contribution in [0.1, 0.15) is 12.7 Å². The second kappa shape index (κ2) is 5.17. The van der Waals surface area contributed by atoms with E-state index in [0.717, 1.165) is 17.5 Å². The lowest BCUT2D eigenvalue weighted by Crippen LogP contribution is -2.12. The topological polar surface area (TPSA) is 56.7 Å². The van der Waals surface area contributed by atoms with E-state index in [-0.39, 0.29) is 0 Å². The molecule has 1 rings (SSSR count). The summed E-state index contributed by atoms with van der Waals surface area (Å²) in [6.07, 6.45) is 1.89. The molecule has 1 atom stereocenters. The van der Waals surface area contributed by atoms with E-state index in [9.17, 15) is 0 Å². The lowest BCUT2D eigenvalue weighted by molar-refractivity contribution is 0.627. The van der Waals surface area contributed by atoms with Gasteiger partial charge in [-0.3, -0.25) is 0 Å². The molecule has 1 aromatic rings. The van der Waals surface area contributed by atoms with Crippen LogP contribution in [0.2, 0.25) is 0 Å². The zero-order valence-electron chi connectivity index (χ0n) is 8.60. The van der Waals surface area contributed by atoms with Crippen LogP contribution in [0.15, 0.2) is 17.8 Å². The van der Waals surface area contributed by atoms with Gasteiger partial charge in [-0.15, -0.1) is 16.8 Å². The van der Waals surface area contributed by atoms with Crippen molar-refractivity contribution in [2.45, 2.75) is 30.8 Å². The normalized spacial score (nSPS) is 12.8. The highest BCUT2D eigenvalue weighted by Gasteiger charge is 2.10. The van der Waals surface area contributed by atoms with Crippen molar-refractivity contribution in [1.29, 1.82) is 0 Å². The van der Waals surface area contributed by atoms with Gasteiger partial charge in [0.25, 0.3) is 0 Å². The van der Waals surface area contributed by atoms with Gasteiger partial charge in [0, 0.05) is 18.3 Å². The SMILES string of the molecule is C=CC(C)Sc1nnc(C)n1CCN. The van der Waals surface area contributed by atoms with Crippen molar-refractivity contribution in [3.8, 4) is 0 Å². The summed E-state index contributed by atoms with van der Waals surface area (Å²) in [6.45, 7) is 9.12. The van der Waals surface area contributed by atoms with Crippen molar-refractivity contribution in [1.82, 2.24) is 14.8 Å². The number of nitrogens with two attached hydrogens (primary N) is 1. The Labute approximate surface area is 88.6 Å². The Hall–Kier alpha value is -0.810. The van der Waals surface area contributed by atoms with E-state index in [0.29, 0.717) is 11.8 Å². The smallest absolute Gasteiger partial charge is 0.191 e. The second-order valence-corrected chi connectivity index (χ2v) is 4.37. The van der Waals surface area contributed by atoms with E-state index >= 15 is 0 Å². The number of hydrogen-bond donors (Lipinski definition) is 1. The summed E-state index contributed by atoms with van der Waals surface area (Å²) in [5.41, 5.74) is 5.52. The van der Waals surface area contributed by atoms with Gasteiger partial charge in [-0.1, -0.05) is 17.8 Å². The largest absolute Gasteiger partial charge is 0.329 e. The van der Waals surface area contributed by atoms with Crippen molar-refractivity contribution < 1.29 is 0 Å². The molecule has 0 aliphatic rings. The fourth-order valence-corrected chi connectivity index (χ4v) is 1.92. The predicted octanol–water partition coefficient (Wildman–Crippen LogP) is 1.21. The van der Waals surface area contributed by atoms with Gasteiger partial charge >= 0.3 is 0 Å². The van der Waals surface area contributed by atoms with Gasteiger partial charge in [0.1, 0.15) is 5.82 Å². The third-order valence-corrected chi connectivity index (χ3v) is 2.95. The molecule has 2 N–H and O–H groups in total. The Kier molecular flexibility index (Phi) is 4.16. The first kappa shape index (κ1) is 11.3. The maximum atomic E-state index is 5.52. The molecule has 78 valence electrons. The van der Waals surface area contributed by atoms with Crippen molar-refractivity contribution >= 4 is 11.8 Å². The number of aryl methyl sites for hydroxylation is 1. The quantitative estimate of drug-likeness (QED) is 0.589.